The molecule has 0 amide bonds. The van der Waals surface area contributed by atoms with Gasteiger partial charge in [-0.2, -0.15) is 5.10 Å². The zero-order valence-corrected chi connectivity index (χ0v) is 17.8. The first-order valence-corrected chi connectivity index (χ1v) is 11.2. The van der Waals surface area contributed by atoms with Crippen LogP contribution in [0.2, 0.25) is 0 Å². The maximum atomic E-state index is 13.3. The summed E-state index contributed by atoms with van der Waals surface area (Å²) in [5.74, 6) is 0.508. The molecule has 3 rings (SSSR count). The minimum absolute atomic E-state index is 0.0419. The summed E-state index contributed by atoms with van der Waals surface area (Å²) < 4.78 is 31.3. The van der Waals surface area contributed by atoms with Crippen LogP contribution in [0.5, 0.6) is 0 Å². The Balaban J connectivity index is 1.96. The molecule has 2 unspecified atom stereocenters. The average Bonchev–Trinajstić information content (AvgIpc) is 2.99. The highest BCUT2D eigenvalue weighted by Crippen LogP contribution is 2.39. The topological polar surface area (TPSA) is 64.0 Å². The molecule has 1 aliphatic carbocycles. The Bertz CT molecular complexity index is 885. The lowest BCUT2D eigenvalue weighted by atomic mass is 9.71. The summed E-state index contributed by atoms with van der Waals surface area (Å²) in [7, 11) is -3.66. The predicted molar refractivity (Wildman–Crippen MR) is 109 cm³/mol. The van der Waals surface area contributed by atoms with Gasteiger partial charge in [0.05, 0.1) is 0 Å². The average molecular weight is 390 g/mol. The summed E-state index contributed by atoms with van der Waals surface area (Å²) in [6, 6.07) is 9.57. The Hall–Kier alpha value is -1.66. The second-order valence-electron chi connectivity index (χ2n) is 9.01. The minimum atomic E-state index is -3.66. The van der Waals surface area contributed by atoms with E-state index >= 15 is 0 Å². The highest BCUT2D eigenvalue weighted by molar-refractivity contribution is 7.89. The molecular weight excluding hydrogens is 358 g/mol. The van der Waals surface area contributed by atoms with Crippen LogP contribution in [-0.4, -0.2) is 24.2 Å². The van der Waals surface area contributed by atoms with Gasteiger partial charge in [0, 0.05) is 23.8 Å². The van der Waals surface area contributed by atoms with E-state index in [0.717, 1.165) is 24.8 Å². The number of sulfonamides is 1. The molecule has 1 aromatic carbocycles. The molecule has 0 radical (unpaired) electrons. The normalized spacial score (nSPS) is 22.9. The summed E-state index contributed by atoms with van der Waals surface area (Å²) in [4.78, 5) is 0.262. The molecule has 1 heterocycles. The SMILES string of the molecule is CC1CC(NS(=O)(=O)c2cn(C(C)C)nc2-c2ccccc2)CC(C)(C)C1. The molecule has 0 aliphatic heterocycles. The van der Waals surface area contributed by atoms with Crippen molar-refractivity contribution in [3.05, 3.63) is 36.5 Å². The van der Waals surface area contributed by atoms with E-state index in [0.29, 0.717) is 11.6 Å². The van der Waals surface area contributed by atoms with Gasteiger partial charge in [0.25, 0.3) is 0 Å². The fourth-order valence-corrected chi connectivity index (χ4v) is 5.76. The Morgan fingerprint density at radius 3 is 2.44 bits per heavy atom. The van der Waals surface area contributed by atoms with E-state index in [-0.39, 0.29) is 22.4 Å². The summed E-state index contributed by atoms with van der Waals surface area (Å²) >= 11 is 0. The van der Waals surface area contributed by atoms with Crippen LogP contribution < -0.4 is 4.72 Å². The minimum Gasteiger partial charge on any atom is -0.268 e. The smallest absolute Gasteiger partial charge is 0.244 e. The quantitative estimate of drug-likeness (QED) is 0.811. The fraction of sp³-hybridized carbons (Fsp3) is 0.571. The van der Waals surface area contributed by atoms with E-state index in [1.807, 2.05) is 44.2 Å². The third-order valence-corrected chi connectivity index (χ3v) is 6.79. The van der Waals surface area contributed by atoms with E-state index < -0.39 is 10.0 Å². The van der Waals surface area contributed by atoms with E-state index in [2.05, 4.69) is 30.6 Å². The lowest BCUT2D eigenvalue weighted by Crippen LogP contribution is -2.42. The van der Waals surface area contributed by atoms with Crippen molar-refractivity contribution in [3.63, 3.8) is 0 Å². The lowest BCUT2D eigenvalue weighted by Gasteiger charge is -2.39. The van der Waals surface area contributed by atoms with E-state index in [9.17, 15) is 8.42 Å². The molecule has 27 heavy (non-hydrogen) atoms. The van der Waals surface area contributed by atoms with Gasteiger partial charge in [-0.15, -0.1) is 0 Å². The van der Waals surface area contributed by atoms with Gasteiger partial charge in [0.15, 0.2) is 0 Å². The number of nitrogens with one attached hydrogen (secondary N) is 1. The van der Waals surface area contributed by atoms with Crippen LogP contribution in [0, 0.1) is 11.3 Å². The van der Waals surface area contributed by atoms with Gasteiger partial charge < -0.3 is 0 Å². The van der Waals surface area contributed by atoms with Gasteiger partial charge in [-0.1, -0.05) is 51.1 Å². The third-order valence-electron chi connectivity index (χ3n) is 5.27. The van der Waals surface area contributed by atoms with Gasteiger partial charge in [0.1, 0.15) is 10.6 Å². The van der Waals surface area contributed by atoms with Gasteiger partial charge in [-0.05, 0) is 44.4 Å². The van der Waals surface area contributed by atoms with Gasteiger partial charge >= 0.3 is 0 Å². The monoisotopic (exact) mass is 389 g/mol. The first kappa shape index (κ1) is 20.1. The summed E-state index contributed by atoms with van der Waals surface area (Å²) in [6.07, 6.45) is 4.52. The Morgan fingerprint density at radius 1 is 1.19 bits per heavy atom. The van der Waals surface area contributed by atoms with Crippen molar-refractivity contribution in [1.29, 1.82) is 0 Å². The van der Waals surface area contributed by atoms with Crippen molar-refractivity contribution in [3.8, 4) is 11.3 Å². The van der Waals surface area contributed by atoms with E-state index in [1.165, 1.54) is 0 Å². The molecule has 1 fully saturated rings. The molecule has 1 saturated carbocycles. The largest absolute Gasteiger partial charge is 0.268 e. The van der Waals surface area contributed by atoms with Gasteiger partial charge in [0.2, 0.25) is 10.0 Å². The Labute approximate surface area is 163 Å². The number of benzene rings is 1. The molecule has 0 saturated heterocycles. The van der Waals surface area contributed by atoms with Crippen LogP contribution in [0.1, 0.15) is 59.9 Å². The third kappa shape index (κ3) is 4.61. The predicted octanol–water partition coefficient (Wildman–Crippen LogP) is 4.62. The van der Waals surface area contributed by atoms with E-state index in [1.54, 1.807) is 10.9 Å². The molecule has 1 N–H and O–H groups in total. The van der Waals surface area contributed by atoms with Crippen molar-refractivity contribution < 1.29 is 8.42 Å². The molecule has 1 aliphatic rings. The van der Waals surface area contributed by atoms with Crippen LogP contribution in [0.3, 0.4) is 0 Å². The highest BCUT2D eigenvalue weighted by Gasteiger charge is 2.35. The van der Waals surface area contributed by atoms with Crippen LogP contribution in [0.25, 0.3) is 11.3 Å². The van der Waals surface area contributed by atoms with Crippen molar-refractivity contribution in [2.75, 3.05) is 0 Å². The van der Waals surface area contributed by atoms with Crippen molar-refractivity contribution in [2.24, 2.45) is 11.3 Å². The first-order chi connectivity index (χ1) is 12.6. The van der Waals surface area contributed by atoms with Gasteiger partial charge in [-0.3, -0.25) is 4.68 Å². The second kappa shape index (κ2) is 7.40. The molecule has 1 aromatic heterocycles. The summed E-state index contributed by atoms with van der Waals surface area (Å²) in [5.41, 5.74) is 1.48. The maximum Gasteiger partial charge on any atom is 0.244 e. The molecule has 6 heteroatoms. The molecule has 2 aromatic rings. The molecule has 2 atom stereocenters. The zero-order valence-electron chi connectivity index (χ0n) is 16.9. The molecule has 0 spiro atoms. The second-order valence-corrected chi connectivity index (χ2v) is 10.7. The summed E-state index contributed by atoms with van der Waals surface area (Å²) in [6.45, 7) is 10.6. The van der Waals surface area contributed by atoms with Gasteiger partial charge in [-0.25, -0.2) is 13.1 Å². The molecule has 0 bridgehead atoms. The Kier molecular flexibility index (Phi) is 5.50. The number of aromatic nitrogens is 2. The van der Waals surface area contributed by atoms with Crippen molar-refractivity contribution in [2.45, 2.75) is 70.9 Å². The van der Waals surface area contributed by atoms with Crippen LogP contribution >= 0.6 is 0 Å². The highest BCUT2D eigenvalue weighted by atomic mass is 32.2. The standard InChI is InChI=1S/C21H31N3O2S/c1-15(2)24-14-19(20(22-24)17-9-7-6-8-10-17)27(25,26)23-18-11-16(3)12-21(4,5)13-18/h6-10,14-16,18,23H,11-13H2,1-5H3. The number of nitrogens with zero attached hydrogens (tertiary/aromatic N) is 2. The number of hydrogen-bond donors (Lipinski definition) is 1. The maximum absolute atomic E-state index is 13.3. The number of hydrogen-bond acceptors (Lipinski definition) is 3. The fourth-order valence-electron chi connectivity index (χ4n) is 4.35. The first-order valence-electron chi connectivity index (χ1n) is 9.74. The molecule has 5 nitrogen and oxygen atoms in total. The number of rotatable bonds is 5. The molecule has 148 valence electrons. The lowest BCUT2D eigenvalue weighted by molar-refractivity contribution is 0.163. The van der Waals surface area contributed by atoms with Crippen molar-refractivity contribution in [1.82, 2.24) is 14.5 Å². The van der Waals surface area contributed by atoms with Crippen LogP contribution in [-0.2, 0) is 10.0 Å². The van der Waals surface area contributed by atoms with Crippen LogP contribution in [0.4, 0.5) is 0 Å². The van der Waals surface area contributed by atoms with Crippen molar-refractivity contribution >= 4 is 10.0 Å². The molecular formula is C21H31N3O2S. The van der Waals surface area contributed by atoms with E-state index in [4.69, 9.17) is 0 Å². The van der Waals surface area contributed by atoms with Crippen LogP contribution in [0.15, 0.2) is 41.4 Å². The zero-order chi connectivity index (χ0) is 19.8. The Morgan fingerprint density at radius 2 is 1.85 bits per heavy atom. The summed E-state index contributed by atoms with van der Waals surface area (Å²) in [5, 5.41) is 4.58.